The van der Waals surface area contributed by atoms with Crippen molar-refractivity contribution >= 4 is 11.9 Å². The predicted molar refractivity (Wildman–Crippen MR) is 87.0 cm³/mol. The summed E-state index contributed by atoms with van der Waals surface area (Å²) in [5.41, 5.74) is 0. The average Bonchev–Trinajstić information content (AvgIpc) is 2.51. The molecule has 0 N–H and O–H groups in total. The van der Waals surface area contributed by atoms with E-state index in [1.165, 1.54) is 0 Å². The van der Waals surface area contributed by atoms with Crippen LogP contribution in [0.1, 0.15) is 65.7 Å². The molecule has 0 aliphatic rings. The van der Waals surface area contributed by atoms with E-state index in [0.29, 0.717) is 26.2 Å². The molecule has 0 heterocycles. The van der Waals surface area contributed by atoms with Gasteiger partial charge in [0.1, 0.15) is 6.61 Å². The Morgan fingerprint density at radius 3 is 2.17 bits per heavy atom. The standard InChI is InChI=1S/C17H32O6/c1-4-7-12-20-14-17(22-13-8-5-2)23-16(19)11-9-10-15(18)21-6-3/h17H,4-14H2,1-3H3. The SMILES string of the molecule is CCCCOCC(OCCCC)OC(=O)CCCC(=O)OCC. The van der Waals surface area contributed by atoms with Crippen molar-refractivity contribution in [2.45, 2.75) is 72.0 Å². The van der Waals surface area contributed by atoms with E-state index in [-0.39, 0.29) is 31.4 Å². The Kier molecular flexibility index (Phi) is 15.0. The molecule has 1 unspecified atom stereocenters. The van der Waals surface area contributed by atoms with Crippen molar-refractivity contribution in [2.75, 3.05) is 26.4 Å². The maximum absolute atomic E-state index is 11.8. The summed E-state index contributed by atoms with van der Waals surface area (Å²) >= 11 is 0. The van der Waals surface area contributed by atoms with Crippen LogP contribution in [0.25, 0.3) is 0 Å². The number of carbonyl (C=O) groups excluding carboxylic acids is 2. The lowest BCUT2D eigenvalue weighted by Gasteiger charge is -2.18. The van der Waals surface area contributed by atoms with E-state index in [1.807, 2.05) is 0 Å². The van der Waals surface area contributed by atoms with Gasteiger partial charge in [-0.3, -0.25) is 9.59 Å². The lowest BCUT2D eigenvalue weighted by Crippen LogP contribution is -2.27. The van der Waals surface area contributed by atoms with Crippen LogP contribution in [0.3, 0.4) is 0 Å². The fraction of sp³-hybridized carbons (Fsp3) is 0.882. The molecule has 0 spiro atoms. The van der Waals surface area contributed by atoms with Gasteiger partial charge in [0.2, 0.25) is 6.29 Å². The minimum atomic E-state index is -0.673. The molecule has 0 aromatic carbocycles. The van der Waals surface area contributed by atoms with Crippen LogP contribution >= 0.6 is 0 Å². The summed E-state index contributed by atoms with van der Waals surface area (Å²) < 4.78 is 21.1. The third-order valence-electron chi connectivity index (χ3n) is 3.03. The number of hydrogen-bond acceptors (Lipinski definition) is 6. The van der Waals surface area contributed by atoms with E-state index < -0.39 is 6.29 Å². The molecule has 0 fully saturated rings. The summed E-state index contributed by atoms with van der Waals surface area (Å²) in [4.78, 5) is 23.0. The first-order chi connectivity index (χ1) is 11.1. The highest BCUT2D eigenvalue weighted by atomic mass is 16.7. The Morgan fingerprint density at radius 1 is 0.870 bits per heavy atom. The largest absolute Gasteiger partial charge is 0.466 e. The van der Waals surface area contributed by atoms with E-state index in [4.69, 9.17) is 18.9 Å². The summed E-state index contributed by atoms with van der Waals surface area (Å²) in [6.45, 7) is 7.67. The van der Waals surface area contributed by atoms with Crippen LogP contribution in [0.2, 0.25) is 0 Å². The Hall–Kier alpha value is -1.14. The molecular formula is C17H32O6. The second-order valence-electron chi connectivity index (χ2n) is 5.23. The first-order valence-corrected chi connectivity index (χ1v) is 8.68. The smallest absolute Gasteiger partial charge is 0.308 e. The molecule has 23 heavy (non-hydrogen) atoms. The zero-order valence-corrected chi connectivity index (χ0v) is 14.8. The van der Waals surface area contributed by atoms with Gasteiger partial charge >= 0.3 is 11.9 Å². The highest BCUT2D eigenvalue weighted by Crippen LogP contribution is 2.05. The zero-order valence-electron chi connectivity index (χ0n) is 14.8. The summed E-state index contributed by atoms with van der Waals surface area (Å²) in [5.74, 6) is -0.672. The van der Waals surface area contributed by atoms with E-state index in [2.05, 4.69) is 13.8 Å². The Bertz CT molecular complexity index is 305. The average molecular weight is 332 g/mol. The fourth-order valence-corrected chi connectivity index (χ4v) is 1.72. The minimum Gasteiger partial charge on any atom is -0.466 e. The third kappa shape index (κ3) is 14.2. The molecule has 0 radical (unpaired) electrons. The molecule has 0 aliphatic heterocycles. The van der Waals surface area contributed by atoms with Gasteiger partial charge in [-0.15, -0.1) is 0 Å². The van der Waals surface area contributed by atoms with Crippen molar-refractivity contribution < 1.29 is 28.5 Å². The van der Waals surface area contributed by atoms with Crippen molar-refractivity contribution in [1.29, 1.82) is 0 Å². The number of rotatable bonds is 15. The van der Waals surface area contributed by atoms with Gasteiger partial charge in [-0.2, -0.15) is 0 Å². The van der Waals surface area contributed by atoms with Crippen molar-refractivity contribution in [3.05, 3.63) is 0 Å². The summed E-state index contributed by atoms with van der Waals surface area (Å²) in [6, 6.07) is 0. The molecule has 6 nitrogen and oxygen atoms in total. The van der Waals surface area contributed by atoms with Gasteiger partial charge in [0.15, 0.2) is 0 Å². The molecule has 0 saturated carbocycles. The molecular weight excluding hydrogens is 300 g/mol. The Morgan fingerprint density at radius 2 is 1.52 bits per heavy atom. The van der Waals surface area contributed by atoms with Gasteiger partial charge < -0.3 is 18.9 Å². The number of ether oxygens (including phenoxy) is 4. The van der Waals surface area contributed by atoms with Crippen molar-refractivity contribution in [2.24, 2.45) is 0 Å². The van der Waals surface area contributed by atoms with E-state index in [9.17, 15) is 9.59 Å². The van der Waals surface area contributed by atoms with Gasteiger partial charge in [0.05, 0.1) is 13.2 Å². The van der Waals surface area contributed by atoms with Crippen LogP contribution in [0.4, 0.5) is 0 Å². The molecule has 0 saturated heterocycles. The first kappa shape index (κ1) is 21.9. The van der Waals surface area contributed by atoms with E-state index >= 15 is 0 Å². The van der Waals surface area contributed by atoms with Crippen LogP contribution in [-0.4, -0.2) is 44.7 Å². The normalized spacial score (nSPS) is 12.0. The summed E-state index contributed by atoms with van der Waals surface area (Å²) in [6.07, 6.45) is 4.07. The predicted octanol–water partition coefficient (Wildman–Crippen LogP) is 3.22. The third-order valence-corrected chi connectivity index (χ3v) is 3.03. The van der Waals surface area contributed by atoms with E-state index in [0.717, 1.165) is 25.7 Å². The lowest BCUT2D eigenvalue weighted by molar-refractivity contribution is -0.191. The van der Waals surface area contributed by atoms with Gasteiger partial charge in [0, 0.05) is 19.4 Å². The highest BCUT2D eigenvalue weighted by molar-refractivity contribution is 5.72. The van der Waals surface area contributed by atoms with Crippen LogP contribution in [-0.2, 0) is 28.5 Å². The maximum atomic E-state index is 11.8. The van der Waals surface area contributed by atoms with Gasteiger partial charge in [-0.05, 0) is 26.2 Å². The van der Waals surface area contributed by atoms with Gasteiger partial charge in [-0.1, -0.05) is 26.7 Å². The maximum Gasteiger partial charge on any atom is 0.308 e. The van der Waals surface area contributed by atoms with Crippen LogP contribution in [0.5, 0.6) is 0 Å². The number of unbranched alkanes of at least 4 members (excludes halogenated alkanes) is 2. The number of carbonyl (C=O) groups is 2. The van der Waals surface area contributed by atoms with Crippen LogP contribution in [0.15, 0.2) is 0 Å². The zero-order chi connectivity index (χ0) is 17.3. The Labute approximate surface area is 139 Å². The first-order valence-electron chi connectivity index (χ1n) is 8.68. The monoisotopic (exact) mass is 332 g/mol. The van der Waals surface area contributed by atoms with Crippen LogP contribution in [0, 0.1) is 0 Å². The molecule has 136 valence electrons. The van der Waals surface area contributed by atoms with Crippen LogP contribution < -0.4 is 0 Å². The molecule has 0 bridgehead atoms. The number of esters is 2. The number of hydrogen-bond donors (Lipinski definition) is 0. The molecule has 0 aliphatic carbocycles. The summed E-state index contributed by atoms with van der Waals surface area (Å²) in [7, 11) is 0. The van der Waals surface area contributed by atoms with Crippen molar-refractivity contribution in [1.82, 2.24) is 0 Å². The quantitative estimate of drug-likeness (QED) is 0.260. The minimum absolute atomic E-state index is 0.168. The van der Waals surface area contributed by atoms with E-state index in [1.54, 1.807) is 6.92 Å². The van der Waals surface area contributed by atoms with Crippen molar-refractivity contribution in [3.63, 3.8) is 0 Å². The second-order valence-corrected chi connectivity index (χ2v) is 5.23. The molecule has 0 rings (SSSR count). The molecule has 0 amide bonds. The van der Waals surface area contributed by atoms with Gasteiger partial charge in [-0.25, -0.2) is 0 Å². The van der Waals surface area contributed by atoms with Gasteiger partial charge in [0.25, 0.3) is 0 Å². The topological polar surface area (TPSA) is 71.1 Å². The molecule has 0 aromatic heterocycles. The molecule has 6 heteroatoms. The molecule has 1 atom stereocenters. The van der Waals surface area contributed by atoms with Crippen molar-refractivity contribution in [3.8, 4) is 0 Å². The second kappa shape index (κ2) is 15.7. The lowest BCUT2D eigenvalue weighted by atomic mass is 10.2. The highest BCUT2D eigenvalue weighted by Gasteiger charge is 2.15. The summed E-state index contributed by atoms with van der Waals surface area (Å²) in [5, 5.41) is 0. The molecule has 0 aromatic rings. The Balaban J connectivity index is 4.01. The fourth-order valence-electron chi connectivity index (χ4n) is 1.72.